The number of anilines is 1. The smallest absolute Gasteiger partial charge is 0.308 e. The molecule has 0 fully saturated rings. The molecule has 0 aromatic heterocycles. The normalized spacial score (nSPS) is 21.4. The number of aliphatic carboxylic acids is 1. The van der Waals surface area contributed by atoms with Gasteiger partial charge in [0.1, 0.15) is 0 Å². The number of carbonyl (C=O) groups is 1. The molecule has 0 amide bonds. The molecule has 0 bridgehead atoms. The Kier molecular flexibility index (Phi) is 4.04. The Bertz CT molecular complexity index is 496. The van der Waals surface area contributed by atoms with Crippen molar-refractivity contribution < 1.29 is 15.0 Å². The molecule has 4 heteroatoms. The van der Waals surface area contributed by atoms with Crippen LogP contribution in [0.1, 0.15) is 26.3 Å². The zero-order valence-electron chi connectivity index (χ0n) is 12.3. The minimum Gasteiger partial charge on any atom is -0.481 e. The lowest BCUT2D eigenvalue weighted by Gasteiger charge is -2.40. The highest BCUT2D eigenvalue weighted by Crippen LogP contribution is 2.32. The second kappa shape index (κ2) is 5.44. The SMILES string of the molecule is CC(C)C(C)(O)CN1CC(C(=O)O)Cc2ccccc21. The van der Waals surface area contributed by atoms with Gasteiger partial charge in [0.15, 0.2) is 0 Å². The second-order valence-corrected chi connectivity index (χ2v) is 6.26. The fraction of sp³-hybridized carbons (Fsp3) is 0.562. The summed E-state index contributed by atoms with van der Waals surface area (Å²) >= 11 is 0. The summed E-state index contributed by atoms with van der Waals surface area (Å²) < 4.78 is 0. The third kappa shape index (κ3) is 2.96. The van der Waals surface area contributed by atoms with E-state index in [1.807, 2.05) is 49.9 Å². The molecule has 1 aromatic rings. The molecule has 1 aromatic carbocycles. The maximum atomic E-state index is 11.3. The predicted molar refractivity (Wildman–Crippen MR) is 78.9 cm³/mol. The van der Waals surface area contributed by atoms with Gasteiger partial charge in [-0.1, -0.05) is 32.0 Å². The van der Waals surface area contributed by atoms with E-state index in [0.717, 1.165) is 11.3 Å². The van der Waals surface area contributed by atoms with E-state index in [2.05, 4.69) is 0 Å². The summed E-state index contributed by atoms with van der Waals surface area (Å²) in [4.78, 5) is 13.3. The molecular formula is C16H23NO3. The van der Waals surface area contributed by atoms with Crippen LogP contribution in [-0.4, -0.2) is 34.9 Å². The van der Waals surface area contributed by atoms with Crippen LogP contribution in [0.5, 0.6) is 0 Å². The summed E-state index contributed by atoms with van der Waals surface area (Å²) in [7, 11) is 0. The molecule has 0 aliphatic carbocycles. The maximum Gasteiger partial charge on any atom is 0.308 e. The van der Waals surface area contributed by atoms with Crippen LogP contribution in [0.15, 0.2) is 24.3 Å². The predicted octanol–water partition coefficient (Wildman–Crippen LogP) is 2.16. The van der Waals surface area contributed by atoms with Crippen molar-refractivity contribution in [3.8, 4) is 0 Å². The Balaban J connectivity index is 2.29. The molecule has 4 nitrogen and oxygen atoms in total. The molecule has 20 heavy (non-hydrogen) atoms. The van der Waals surface area contributed by atoms with Crippen molar-refractivity contribution >= 4 is 11.7 Å². The van der Waals surface area contributed by atoms with Gasteiger partial charge in [0.2, 0.25) is 0 Å². The molecule has 2 unspecified atom stereocenters. The minimum atomic E-state index is -0.840. The van der Waals surface area contributed by atoms with Gasteiger partial charge >= 0.3 is 5.97 Å². The highest BCUT2D eigenvalue weighted by atomic mass is 16.4. The highest BCUT2D eigenvalue weighted by Gasteiger charge is 2.34. The summed E-state index contributed by atoms with van der Waals surface area (Å²) in [5.41, 5.74) is 1.25. The third-order valence-corrected chi connectivity index (χ3v) is 4.34. The van der Waals surface area contributed by atoms with Crippen LogP contribution in [0.4, 0.5) is 5.69 Å². The number of fused-ring (bicyclic) bond motifs is 1. The average Bonchev–Trinajstić information content (AvgIpc) is 2.37. The van der Waals surface area contributed by atoms with Crippen molar-refractivity contribution in [2.75, 3.05) is 18.0 Å². The highest BCUT2D eigenvalue weighted by molar-refractivity contribution is 5.74. The van der Waals surface area contributed by atoms with Crippen LogP contribution in [0, 0.1) is 11.8 Å². The van der Waals surface area contributed by atoms with Gasteiger partial charge in [0, 0.05) is 18.8 Å². The minimum absolute atomic E-state index is 0.111. The van der Waals surface area contributed by atoms with Gasteiger partial charge in [0.25, 0.3) is 0 Å². The first-order valence-corrected chi connectivity index (χ1v) is 7.09. The van der Waals surface area contributed by atoms with Crippen LogP contribution < -0.4 is 4.90 Å². The molecular weight excluding hydrogens is 254 g/mol. The first-order valence-electron chi connectivity index (χ1n) is 7.09. The summed E-state index contributed by atoms with van der Waals surface area (Å²) in [6, 6.07) is 7.87. The lowest BCUT2D eigenvalue weighted by atomic mass is 9.88. The number of hydrogen-bond acceptors (Lipinski definition) is 3. The third-order valence-electron chi connectivity index (χ3n) is 4.34. The summed E-state index contributed by atoms with van der Waals surface area (Å²) in [5, 5.41) is 19.8. The van der Waals surface area contributed by atoms with E-state index in [1.165, 1.54) is 0 Å². The maximum absolute atomic E-state index is 11.3. The Hall–Kier alpha value is -1.55. The number of rotatable bonds is 4. The van der Waals surface area contributed by atoms with E-state index in [4.69, 9.17) is 0 Å². The van der Waals surface area contributed by atoms with Crippen molar-refractivity contribution in [1.82, 2.24) is 0 Å². The molecule has 2 N–H and O–H groups in total. The zero-order chi connectivity index (χ0) is 14.9. The number of nitrogens with zero attached hydrogens (tertiary/aromatic N) is 1. The topological polar surface area (TPSA) is 60.8 Å². The molecule has 2 atom stereocenters. The van der Waals surface area contributed by atoms with E-state index in [1.54, 1.807) is 0 Å². The first-order chi connectivity index (χ1) is 9.31. The first kappa shape index (κ1) is 14.9. The Morgan fingerprint density at radius 3 is 2.70 bits per heavy atom. The average molecular weight is 277 g/mol. The summed E-state index contributed by atoms with van der Waals surface area (Å²) in [5.74, 6) is -1.07. The molecule has 110 valence electrons. The van der Waals surface area contributed by atoms with Gasteiger partial charge in [-0.15, -0.1) is 0 Å². The quantitative estimate of drug-likeness (QED) is 0.885. The van der Waals surface area contributed by atoms with Gasteiger partial charge in [-0.3, -0.25) is 4.79 Å². The summed E-state index contributed by atoms with van der Waals surface area (Å²) in [6.45, 7) is 6.67. The zero-order valence-corrected chi connectivity index (χ0v) is 12.3. The van der Waals surface area contributed by atoms with Gasteiger partial charge < -0.3 is 15.1 Å². The van der Waals surface area contributed by atoms with Gasteiger partial charge in [-0.2, -0.15) is 0 Å². The van der Waals surface area contributed by atoms with Crippen LogP contribution >= 0.6 is 0 Å². The Morgan fingerprint density at radius 2 is 2.10 bits per heavy atom. The van der Waals surface area contributed by atoms with E-state index in [0.29, 0.717) is 19.5 Å². The van der Waals surface area contributed by atoms with Gasteiger partial charge in [-0.05, 0) is 30.9 Å². The van der Waals surface area contributed by atoms with E-state index in [-0.39, 0.29) is 5.92 Å². The number of para-hydroxylation sites is 1. The standard InChI is InChI=1S/C16H23NO3/c1-11(2)16(3,20)10-17-9-13(15(18)19)8-12-6-4-5-7-14(12)17/h4-7,11,13,20H,8-10H2,1-3H3,(H,18,19). The number of carboxylic acid groups (broad SMARTS) is 1. The molecule has 0 radical (unpaired) electrons. The second-order valence-electron chi connectivity index (χ2n) is 6.26. The molecule has 1 aliphatic heterocycles. The van der Waals surface area contributed by atoms with Crippen molar-refractivity contribution in [3.05, 3.63) is 29.8 Å². The molecule has 0 spiro atoms. The molecule has 1 aliphatic rings. The largest absolute Gasteiger partial charge is 0.481 e. The van der Waals surface area contributed by atoms with E-state index >= 15 is 0 Å². The Labute approximate surface area is 120 Å². The molecule has 0 saturated carbocycles. The monoisotopic (exact) mass is 277 g/mol. The number of benzene rings is 1. The van der Waals surface area contributed by atoms with Crippen molar-refractivity contribution in [1.29, 1.82) is 0 Å². The van der Waals surface area contributed by atoms with Crippen LogP contribution in [0.3, 0.4) is 0 Å². The van der Waals surface area contributed by atoms with Gasteiger partial charge in [-0.25, -0.2) is 0 Å². The number of hydrogen-bond donors (Lipinski definition) is 2. The van der Waals surface area contributed by atoms with Crippen molar-refractivity contribution in [2.24, 2.45) is 11.8 Å². The lowest BCUT2D eigenvalue weighted by Crippen LogP contribution is -2.49. The molecule has 1 heterocycles. The summed E-state index contributed by atoms with van der Waals surface area (Å²) in [6.07, 6.45) is 0.561. The molecule has 0 saturated heterocycles. The van der Waals surface area contributed by atoms with E-state index < -0.39 is 17.5 Å². The fourth-order valence-corrected chi connectivity index (χ4v) is 2.57. The Morgan fingerprint density at radius 1 is 1.45 bits per heavy atom. The van der Waals surface area contributed by atoms with Crippen molar-refractivity contribution in [2.45, 2.75) is 32.8 Å². The van der Waals surface area contributed by atoms with E-state index in [9.17, 15) is 15.0 Å². The van der Waals surface area contributed by atoms with Gasteiger partial charge in [0.05, 0.1) is 11.5 Å². The lowest BCUT2D eigenvalue weighted by molar-refractivity contribution is -0.141. The van der Waals surface area contributed by atoms with Crippen LogP contribution in [0.25, 0.3) is 0 Å². The van der Waals surface area contributed by atoms with Crippen molar-refractivity contribution in [3.63, 3.8) is 0 Å². The molecule has 2 rings (SSSR count). The fourth-order valence-electron chi connectivity index (χ4n) is 2.57. The number of aliphatic hydroxyl groups is 1. The van der Waals surface area contributed by atoms with Crippen LogP contribution in [-0.2, 0) is 11.2 Å². The van der Waals surface area contributed by atoms with Crippen LogP contribution in [0.2, 0.25) is 0 Å². The number of β-amino-alcohol motifs (C(OH)–C–C–N with tert-alkyl or cyclic N) is 1. The number of carboxylic acids is 1.